The Labute approximate surface area is 160 Å². The smallest absolute Gasteiger partial charge is 0.319 e. The molecule has 0 radical (unpaired) electrons. The van der Waals surface area contributed by atoms with Gasteiger partial charge in [0.15, 0.2) is 0 Å². The van der Waals surface area contributed by atoms with Crippen molar-refractivity contribution in [3.05, 3.63) is 35.9 Å². The lowest BCUT2D eigenvalue weighted by Gasteiger charge is -2.34. The molecule has 0 aliphatic carbocycles. The van der Waals surface area contributed by atoms with E-state index in [4.69, 9.17) is 0 Å². The number of urea groups is 1. The summed E-state index contributed by atoms with van der Waals surface area (Å²) in [6.45, 7) is 5.11. The molecule has 7 heteroatoms. The molecule has 146 valence electrons. The van der Waals surface area contributed by atoms with Gasteiger partial charge in [-0.1, -0.05) is 18.2 Å². The molecular formula is C20H28N4O3. The Kier molecular flexibility index (Phi) is 5.39. The molecule has 0 aromatic heterocycles. The lowest BCUT2D eigenvalue weighted by Crippen LogP contribution is -2.47. The SMILES string of the molecule is CCN1CC2(CC1=O)CN(C(=O)c1ccccc1)CCN(C(=O)N(C)C)C2. The maximum absolute atomic E-state index is 13.0. The van der Waals surface area contributed by atoms with Crippen LogP contribution in [0, 0.1) is 5.41 Å². The summed E-state index contributed by atoms with van der Waals surface area (Å²) in [5.41, 5.74) is 0.219. The van der Waals surface area contributed by atoms with Gasteiger partial charge in [-0.3, -0.25) is 9.59 Å². The molecule has 27 heavy (non-hydrogen) atoms. The number of carbonyl (C=O) groups excluding carboxylic acids is 3. The van der Waals surface area contributed by atoms with Crippen molar-refractivity contribution < 1.29 is 14.4 Å². The maximum atomic E-state index is 13.0. The van der Waals surface area contributed by atoms with Gasteiger partial charge in [0, 0.05) is 70.8 Å². The first kappa shape index (κ1) is 19.2. The number of carbonyl (C=O) groups is 3. The minimum absolute atomic E-state index is 0.0449. The lowest BCUT2D eigenvalue weighted by atomic mass is 9.85. The largest absolute Gasteiger partial charge is 0.342 e. The first-order valence-corrected chi connectivity index (χ1v) is 9.43. The predicted molar refractivity (Wildman–Crippen MR) is 102 cm³/mol. The van der Waals surface area contributed by atoms with E-state index in [2.05, 4.69) is 0 Å². The fraction of sp³-hybridized carbons (Fsp3) is 0.550. The van der Waals surface area contributed by atoms with Crippen LogP contribution in [0.3, 0.4) is 0 Å². The van der Waals surface area contributed by atoms with E-state index in [0.717, 1.165) is 0 Å². The molecule has 2 aliphatic heterocycles. The number of hydrogen-bond acceptors (Lipinski definition) is 3. The van der Waals surface area contributed by atoms with Crippen LogP contribution < -0.4 is 0 Å². The van der Waals surface area contributed by atoms with E-state index >= 15 is 0 Å². The molecule has 2 saturated heterocycles. The predicted octanol–water partition coefficient (Wildman–Crippen LogP) is 1.36. The van der Waals surface area contributed by atoms with Crippen LogP contribution in [0.1, 0.15) is 23.7 Å². The van der Waals surface area contributed by atoms with Gasteiger partial charge in [0.25, 0.3) is 5.91 Å². The minimum Gasteiger partial charge on any atom is -0.342 e. The van der Waals surface area contributed by atoms with Gasteiger partial charge in [0.1, 0.15) is 0 Å². The quantitative estimate of drug-likeness (QED) is 0.788. The molecule has 4 amide bonds. The Bertz CT molecular complexity index is 721. The van der Waals surface area contributed by atoms with E-state index in [1.165, 1.54) is 0 Å². The van der Waals surface area contributed by atoms with Crippen molar-refractivity contribution in [3.8, 4) is 0 Å². The van der Waals surface area contributed by atoms with Crippen molar-refractivity contribution in [2.45, 2.75) is 13.3 Å². The molecule has 0 N–H and O–H groups in total. The molecule has 2 heterocycles. The molecule has 1 spiro atoms. The fourth-order valence-corrected chi connectivity index (χ4v) is 4.12. The van der Waals surface area contributed by atoms with Crippen molar-refractivity contribution in [1.82, 2.24) is 19.6 Å². The Balaban J connectivity index is 1.89. The summed E-state index contributed by atoms with van der Waals surface area (Å²) in [7, 11) is 3.45. The van der Waals surface area contributed by atoms with Crippen molar-refractivity contribution in [1.29, 1.82) is 0 Å². The van der Waals surface area contributed by atoms with Gasteiger partial charge in [0.2, 0.25) is 5.91 Å². The molecule has 2 fully saturated rings. The zero-order valence-electron chi connectivity index (χ0n) is 16.4. The highest BCUT2D eigenvalue weighted by Gasteiger charge is 2.47. The molecule has 0 saturated carbocycles. The van der Waals surface area contributed by atoms with Crippen LogP contribution in [0.2, 0.25) is 0 Å². The average molecular weight is 372 g/mol. The van der Waals surface area contributed by atoms with Crippen molar-refractivity contribution in [2.75, 3.05) is 53.4 Å². The molecule has 0 bridgehead atoms. The summed E-state index contributed by atoms with van der Waals surface area (Å²) in [6, 6.07) is 9.11. The number of hydrogen-bond donors (Lipinski definition) is 0. The first-order chi connectivity index (χ1) is 12.8. The Hall–Kier alpha value is -2.57. The van der Waals surface area contributed by atoms with Gasteiger partial charge >= 0.3 is 6.03 Å². The third-order valence-electron chi connectivity index (χ3n) is 5.44. The molecular weight excluding hydrogens is 344 g/mol. The van der Waals surface area contributed by atoms with E-state index in [1.807, 2.05) is 34.9 Å². The first-order valence-electron chi connectivity index (χ1n) is 9.43. The van der Waals surface area contributed by atoms with Crippen LogP contribution in [0.15, 0.2) is 30.3 Å². The van der Waals surface area contributed by atoms with Crippen LogP contribution in [0.25, 0.3) is 0 Å². The van der Waals surface area contributed by atoms with E-state index < -0.39 is 5.41 Å². The zero-order chi connectivity index (χ0) is 19.6. The van der Waals surface area contributed by atoms with Gasteiger partial charge in [-0.2, -0.15) is 0 Å². The molecule has 1 aromatic rings. The number of benzene rings is 1. The maximum Gasteiger partial charge on any atom is 0.319 e. The number of rotatable bonds is 2. The standard InChI is InChI=1S/C20H28N4O3/c1-4-22-13-20(12-17(22)25)14-23(18(26)16-8-6-5-7-9-16)10-11-24(15-20)19(27)21(2)3/h5-9H,4,10-15H2,1-3H3. The second-order valence-electron chi connectivity index (χ2n) is 7.78. The Morgan fingerprint density at radius 3 is 2.26 bits per heavy atom. The number of likely N-dealkylation sites (tertiary alicyclic amines) is 1. The third kappa shape index (κ3) is 3.91. The van der Waals surface area contributed by atoms with Crippen molar-refractivity contribution in [3.63, 3.8) is 0 Å². The van der Waals surface area contributed by atoms with Gasteiger partial charge in [-0.05, 0) is 19.1 Å². The highest BCUT2D eigenvalue weighted by atomic mass is 16.2. The molecule has 1 unspecified atom stereocenters. The molecule has 1 aromatic carbocycles. The summed E-state index contributed by atoms with van der Waals surface area (Å²) >= 11 is 0. The zero-order valence-corrected chi connectivity index (χ0v) is 16.4. The fourth-order valence-electron chi connectivity index (χ4n) is 4.12. The van der Waals surface area contributed by atoms with Gasteiger partial charge in [-0.25, -0.2) is 4.79 Å². The second-order valence-corrected chi connectivity index (χ2v) is 7.78. The molecule has 2 aliphatic rings. The number of amides is 4. The minimum atomic E-state index is -0.417. The second kappa shape index (κ2) is 7.58. The van der Waals surface area contributed by atoms with Crippen LogP contribution in [-0.4, -0.2) is 90.8 Å². The van der Waals surface area contributed by atoms with E-state index in [9.17, 15) is 14.4 Å². The number of nitrogens with zero attached hydrogens (tertiary/aromatic N) is 4. The van der Waals surface area contributed by atoms with Crippen LogP contribution in [0.5, 0.6) is 0 Å². The Morgan fingerprint density at radius 1 is 1.04 bits per heavy atom. The Morgan fingerprint density at radius 2 is 1.67 bits per heavy atom. The molecule has 3 rings (SSSR count). The van der Waals surface area contributed by atoms with Crippen molar-refractivity contribution >= 4 is 17.8 Å². The van der Waals surface area contributed by atoms with Crippen molar-refractivity contribution in [2.24, 2.45) is 5.41 Å². The normalized spacial score (nSPS) is 22.9. The van der Waals surface area contributed by atoms with E-state index in [-0.39, 0.29) is 17.8 Å². The van der Waals surface area contributed by atoms with Gasteiger partial charge < -0.3 is 19.6 Å². The van der Waals surface area contributed by atoms with Crippen LogP contribution >= 0.6 is 0 Å². The monoisotopic (exact) mass is 372 g/mol. The summed E-state index contributed by atoms with van der Waals surface area (Å²) in [5, 5.41) is 0. The lowest BCUT2D eigenvalue weighted by molar-refractivity contribution is -0.127. The van der Waals surface area contributed by atoms with Crippen LogP contribution in [-0.2, 0) is 4.79 Å². The average Bonchev–Trinajstić information content (AvgIpc) is 2.86. The summed E-state index contributed by atoms with van der Waals surface area (Å²) in [6.07, 6.45) is 0.372. The summed E-state index contributed by atoms with van der Waals surface area (Å²) < 4.78 is 0. The van der Waals surface area contributed by atoms with E-state index in [1.54, 1.807) is 36.0 Å². The highest BCUT2D eigenvalue weighted by Crippen LogP contribution is 2.35. The van der Waals surface area contributed by atoms with Gasteiger partial charge in [-0.15, -0.1) is 0 Å². The van der Waals surface area contributed by atoms with Crippen LogP contribution in [0.4, 0.5) is 4.79 Å². The molecule has 1 atom stereocenters. The van der Waals surface area contributed by atoms with Gasteiger partial charge in [0.05, 0.1) is 0 Å². The van der Waals surface area contributed by atoms with E-state index in [0.29, 0.717) is 51.3 Å². The topological polar surface area (TPSA) is 64.2 Å². The summed E-state index contributed by atoms with van der Waals surface area (Å²) in [4.78, 5) is 45.1. The summed E-state index contributed by atoms with van der Waals surface area (Å²) in [5.74, 6) is 0.0558. The molecule has 7 nitrogen and oxygen atoms in total. The highest BCUT2D eigenvalue weighted by molar-refractivity contribution is 5.94. The third-order valence-corrected chi connectivity index (χ3v) is 5.44.